The molecule has 9 nitrogen and oxygen atoms in total. The number of ether oxygens (including phenoxy) is 1. The van der Waals surface area contributed by atoms with Gasteiger partial charge in [-0.1, -0.05) is 29.8 Å². The zero-order chi connectivity index (χ0) is 23.7. The third-order valence-corrected chi connectivity index (χ3v) is 5.13. The minimum atomic E-state index is -0.870. The molecule has 0 radical (unpaired) electrons. The van der Waals surface area contributed by atoms with Crippen molar-refractivity contribution >= 4 is 34.9 Å². The highest BCUT2D eigenvalue weighted by atomic mass is 16.6. The molecular weight excluding hydrogens is 428 g/mol. The molecule has 0 bridgehead atoms. The topological polar surface area (TPSA) is 124 Å². The number of fused-ring (bicyclic) bond motifs is 1. The van der Waals surface area contributed by atoms with E-state index < -0.39 is 35.1 Å². The first-order valence-electron chi connectivity index (χ1n) is 9.80. The van der Waals surface area contributed by atoms with Crippen molar-refractivity contribution in [3.05, 3.63) is 105 Å². The van der Waals surface area contributed by atoms with E-state index in [1.807, 2.05) is 6.92 Å². The number of aryl methyl sites for hydroxylation is 1. The van der Waals surface area contributed by atoms with Crippen molar-refractivity contribution in [1.29, 1.82) is 0 Å². The first-order chi connectivity index (χ1) is 15.8. The molecule has 1 aliphatic heterocycles. The van der Waals surface area contributed by atoms with Gasteiger partial charge in [0.2, 0.25) is 5.78 Å². The van der Waals surface area contributed by atoms with Crippen LogP contribution in [0.25, 0.3) is 0 Å². The summed E-state index contributed by atoms with van der Waals surface area (Å²) in [4.78, 5) is 61.5. The maximum Gasteiger partial charge on any atom is 0.338 e. The fourth-order valence-electron chi connectivity index (χ4n) is 3.39. The molecule has 1 aliphatic rings. The van der Waals surface area contributed by atoms with Crippen molar-refractivity contribution in [2.75, 3.05) is 11.5 Å². The second-order valence-electron chi connectivity index (χ2n) is 7.35. The quantitative estimate of drug-likeness (QED) is 0.186. The lowest BCUT2D eigenvalue weighted by Crippen LogP contribution is -2.29. The van der Waals surface area contributed by atoms with E-state index in [-0.39, 0.29) is 27.9 Å². The summed E-state index contributed by atoms with van der Waals surface area (Å²) >= 11 is 0. The average Bonchev–Trinajstić information content (AvgIpc) is 3.07. The average molecular weight is 444 g/mol. The van der Waals surface area contributed by atoms with E-state index in [0.717, 1.165) is 16.5 Å². The van der Waals surface area contributed by atoms with Crippen molar-refractivity contribution in [3.63, 3.8) is 0 Å². The van der Waals surface area contributed by atoms with Gasteiger partial charge < -0.3 is 4.74 Å². The van der Waals surface area contributed by atoms with Crippen LogP contribution < -0.4 is 4.90 Å². The Morgan fingerprint density at radius 3 is 2.30 bits per heavy atom. The Balaban J connectivity index is 1.49. The first-order valence-corrected chi connectivity index (χ1v) is 9.80. The Hall–Kier alpha value is -4.66. The number of carbonyl (C=O) groups excluding carboxylic acids is 4. The maximum absolute atomic E-state index is 12.8. The minimum Gasteiger partial charge on any atom is -0.454 e. The number of benzene rings is 3. The van der Waals surface area contributed by atoms with E-state index >= 15 is 0 Å². The molecule has 0 saturated heterocycles. The molecule has 0 saturated carbocycles. The predicted octanol–water partition coefficient (Wildman–Crippen LogP) is 3.74. The fraction of sp³-hybridized carbons (Fsp3) is 0.0833. The van der Waals surface area contributed by atoms with Gasteiger partial charge in [0.25, 0.3) is 17.5 Å². The molecule has 0 aromatic heterocycles. The Morgan fingerprint density at radius 2 is 1.61 bits per heavy atom. The Bertz CT molecular complexity index is 1330. The van der Waals surface area contributed by atoms with Crippen LogP contribution in [0.1, 0.15) is 47.0 Å². The zero-order valence-electron chi connectivity index (χ0n) is 17.3. The summed E-state index contributed by atoms with van der Waals surface area (Å²) in [6.45, 7) is 1.24. The number of nitrogens with zero attached hydrogens (tertiary/aromatic N) is 2. The second kappa shape index (κ2) is 8.46. The monoisotopic (exact) mass is 444 g/mol. The molecule has 4 rings (SSSR count). The van der Waals surface area contributed by atoms with E-state index in [0.29, 0.717) is 5.69 Å². The molecule has 164 valence electrons. The van der Waals surface area contributed by atoms with Gasteiger partial charge in [0.05, 0.1) is 27.3 Å². The van der Waals surface area contributed by atoms with Crippen molar-refractivity contribution in [3.8, 4) is 0 Å². The van der Waals surface area contributed by atoms with Gasteiger partial charge in [0, 0.05) is 17.7 Å². The summed E-state index contributed by atoms with van der Waals surface area (Å²) in [5, 5.41) is 10.9. The fourth-order valence-corrected chi connectivity index (χ4v) is 3.39. The number of Topliss-reactive ketones (excluding diaryl/α,β-unsaturated/α-hetero) is 1. The highest BCUT2D eigenvalue weighted by molar-refractivity contribution is 6.34. The number of rotatable bonds is 6. The number of nitro groups is 1. The molecule has 2 amide bonds. The van der Waals surface area contributed by atoms with Crippen molar-refractivity contribution in [1.82, 2.24) is 0 Å². The predicted molar refractivity (Wildman–Crippen MR) is 116 cm³/mol. The van der Waals surface area contributed by atoms with Crippen LogP contribution in [0.2, 0.25) is 0 Å². The Labute approximate surface area is 187 Å². The summed E-state index contributed by atoms with van der Waals surface area (Å²) in [6.07, 6.45) is 0. The van der Waals surface area contributed by atoms with Gasteiger partial charge in [0.1, 0.15) is 0 Å². The summed E-state index contributed by atoms with van der Waals surface area (Å²) in [5.74, 6) is -2.56. The number of anilines is 1. The van der Waals surface area contributed by atoms with Crippen molar-refractivity contribution in [2.45, 2.75) is 6.92 Å². The number of hydrogen-bond donors (Lipinski definition) is 0. The molecule has 0 aliphatic carbocycles. The first kappa shape index (κ1) is 21.6. The van der Waals surface area contributed by atoms with Crippen LogP contribution in [-0.2, 0) is 4.74 Å². The second-order valence-corrected chi connectivity index (χ2v) is 7.35. The Kier molecular flexibility index (Phi) is 5.53. The van der Waals surface area contributed by atoms with Crippen LogP contribution >= 0.6 is 0 Å². The van der Waals surface area contributed by atoms with Gasteiger partial charge in [0.15, 0.2) is 6.61 Å². The maximum atomic E-state index is 12.8. The number of esters is 1. The molecule has 1 heterocycles. The van der Waals surface area contributed by atoms with E-state index in [1.54, 1.807) is 24.3 Å². The highest BCUT2D eigenvalue weighted by Crippen LogP contribution is 2.29. The molecule has 0 spiro atoms. The van der Waals surface area contributed by atoms with Gasteiger partial charge >= 0.3 is 5.97 Å². The lowest BCUT2D eigenvalue weighted by Gasteiger charge is -2.13. The third kappa shape index (κ3) is 4.11. The molecule has 0 atom stereocenters. The number of amides is 2. The molecular formula is C24H16N2O7. The van der Waals surface area contributed by atoms with E-state index in [4.69, 9.17) is 4.74 Å². The molecule has 3 aromatic rings. The smallest absolute Gasteiger partial charge is 0.338 e. The number of nitro benzene ring substituents is 1. The van der Waals surface area contributed by atoms with E-state index in [9.17, 15) is 29.3 Å². The number of hydrogen-bond acceptors (Lipinski definition) is 7. The van der Waals surface area contributed by atoms with Crippen LogP contribution in [0, 0.1) is 17.0 Å². The van der Waals surface area contributed by atoms with Gasteiger partial charge in [-0.05, 0) is 37.3 Å². The molecule has 0 N–H and O–H groups in total. The summed E-state index contributed by atoms with van der Waals surface area (Å²) < 4.78 is 5.02. The number of carbonyl (C=O) groups is 4. The largest absolute Gasteiger partial charge is 0.454 e. The Morgan fingerprint density at radius 1 is 0.909 bits per heavy atom. The normalized spacial score (nSPS) is 12.5. The van der Waals surface area contributed by atoms with Gasteiger partial charge in [-0.15, -0.1) is 0 Å². The highest BCUT2D eigenvalue weighted by Gasteiger charge is 2.37. The van der Waals surface area contributed by atoms with Crippen LogP contribution in [0.5, 0.6) is 0 Å². The minimum absolute atomic E-state index is 0.00695. The SMILES string of the molecule is Cc1ccc(N2C(=O)c3ccc(C(=O)OCC(=O)c4cccc([N+](=O)[O-])c4)cc3C2=O)cc1. The lowest BCUT2D eigenvalue weighted by molar-refractivity contribution is -0.384. The van der Waals surface area contributed by atoms with Crippen LogP contribution in [0.15, 0.2) is 66.7 Å². The lowest BCUT2D eigenvalue weighted by atomic mass is 10.1. The summed E-state index contributed by atoms with van der Waals surface area (Å²) in [5.41, 5.74) is 1.36. The molecule has 0 fully saturated rings. The summed E-state index contributed by atoms with van der Waals surface area (Å²) in [7, 11) is 0. The molecule has 9 heteroatoms. The van der Waals surface area contributed by atoms with Gasteiger partial charge in [-0.3, -0.25) is 24.5 Å². The third-order valence-electron chi connectivity index (χ3n) is 5.13. The van der Waals surface area contributed by atoms with E-state index in [1.165, 1.54) is 36.4 Å². The van der Waals surface area contributed by atoms with Crippen LogP contribution in [0.3, 0.4) is 0 Å². The standard InChI is InChI=1S/C24H16N2O7/c1-14-5-8-17(9-6-14)25-22(28)19-10-7-16(12-20(19)23(25)29)24(30)33-13-21(27)15-3-2-4-18(11-15)26(31)32/h2-12H,13H2,1H3. The van der Waals surface area contributed by atoms with Crippen LogP contribution in [0.4, 0.5) is 11.4 Å². The van der Waals surface area contributed by atoms with Gasteiger partial charge in [-0.2, -0.15) is 0 Å². The van der Waals surface area contributed by atoms with Gasteiger partial charge in [-0.25, -0.2) is 9.69 Å². The molecule has 3 aromatic carbocycles. The number of ketones is 1. The number of non-ortho nitro benzene ring substituents is 1. The number of imide groups is 1. The zero-order valence-corrected chi connectivity index (χ0v) is 17.3. The van der Waals surface area contributed by atoms with Crippen molar-refractivity contribution < 1.29 is 28.8 Å². The van der Waals surface area contributed by atoms with Crippen LogP contribution in [-0.4, -0.2) is 35.1 Å². The van der Waals surface area contributed by atoms with Crippen molar-refractivity contribution in [2.24, 2.45) is 0 Å². The molecule has 33 heavy (non-hydrogen) atoms. The summed E-state index contributed by atoms with van der Waals surface area (Å²) in [6, 6.07) is 15.9. The van der Waals surface area contributed by atoms with E-state index in [2.05, 4.69) is 0 Å². The molecule has 0 unspecified atom stereocenters.